The molecular formula is C14H31NO. The van der Waals surface area contributed by atoms with E-state index in [1.54, 1.807) is 0 Å². The fourth-order valence-electron chi connectivity index (χ4n) is 1.43. The molecule has 1 atom stereocenters. The van der Waals surface area contributed by atoms with Gasteiger partial charge in [0, 0.05) is 12.6 Å². The van der Waals surface area contributed by atoms with Crippen molar-refractivity contribution in [2.24, 2.45) is 5.92 Å². The van der Waals surface area contributed by atoms with E-state index in [1.165, 1.54) is 25.7 Å². The van der Waals surface area contributed by atoms with Gasteiger partial charge in [0.1, 0.15) is 0 Å². The van der Waals surface area contributed by atoms with Crippen molar-refractivity contribution < 1.29 is 4.74 Å². The van der Waals surface area contributed by atoms with Crippen LogP contribution >= 0.6 is 0 Å². The highest BCUT2D eigenvalue weighted by molar-refractivity contribution is 4.55. The van der Waals surface area contributed by atoms with E-state index < -0.39 is 0 Å². The lowest BCUT2D eigenvalue weighted by atomic mass is 10.1. The number of hydrogen-bond donors (Lipinski definition) is 1. The predicted molar refractivity (Wildman–Crippen MR) is 71.9 cm³/mol. The van der Waals surface area contributed by atoms with Gasteiger partial charge in [-0.3, -0.25) is 0 Å². The third-order valence-corrected chi connectivity index (χ3v) is 2.94. The minimum absolute atomic E-state index is 0.405. The highest BCUT2D eigenvalue weighted by Crippen LogP contribution is 2.07. The van der Waals surface area contributed by atoms with Crippen molar-refractivity contribution in [3.63, 3.8) is 0 Å². The summed E-state index contributed by atoms with van der Waals surface area (Å²) >= 11 is 0. The van der Waals surface area contributed by atoms with E-state index in [4.69, 9.17) is 4.74 Å². The summed E-state index contributed by atoms with van der Waals surface area (Å²) in [5, 5.41) is 3.44. The SMILES string of the molecule is CC(C)NCCCCCCOC(C)C(C)C. The maximum atomic E-state index is 5.73. The molecule has 0 rings (SSSR count). The average Bonchev–Trinajstić information content (AvgIpc) is 2.21. The van der Waals surface area contributed by atoms with Gasteiger partial charge in [0.15, 0.2) is 0 Å². The minimum atomic E-state index is 0.405. The van der Waals surface area contributed by atoms with Crippen LogP contribution in [-0.2, 0) is 4.74 Å². The van der Waals surface area contributed by atoms with Gasteiger partial charge >= 0.3 is 0 Å². The quantitative estimate of drug-likeness (QED) is 0.578. The Morgan fingerprint density at radius 3 is 2.06 bits per heavy atom. The summed E-state index contributed by atoms with van der Waals surface area (Å²) in [4.78, 5) is 0. The minimum Gasteiger partial charge on any atom is -0.378 e. The molecule has 1 N–H and O–H groups in total. The zero-order valence-electron chi connectivity index (χ0n) is 11.9. The van der Waals surface area contributed by atoms with E-state index in [9.17, 15) is 0 Å². The number of unbranched alkanes of at least 4 members (excludes halogenated alkanes) is 3. The molecule has 0 heterocycles. The normalized spacial score (nSPS) is 13.7. The van der Waals surface area contributed by atoms with Crippen LogP contribution in [0.15, 0.2) is 0 Å². The molecule has 16 heavy (non-hydrogen) atoms. The zero-order valence-corrected chi connectivity index (χ0v) is 11.9. The molecule has 0 aromatic rings. The second-order valence-electron chi connectivity index (χ2n) is 5.34. The summed E-state index contributed by atoms with van der Waals surface area (Å²) in [6.45, 7) is 13.1. The Hall–Kier alpha value is -0.0800. The van der Waals surface area contributed by atoms with E-state index in [1.807, 2.05) is 0 Å². The van der Waals surface area contributed by atoms with Crippen LogP contribution in [0.25, 0.3) is 0 Å². The molecule has 0 aliphatic rings. The Bertz CT molecular complexity index is 146. The standard InChI is InChI=1S/C14H31NO/c1-12(2)14(5)16-11-9-7-6-8-10-15-13(3)4/h12-15H,6-11H2,1-5H3. The Labute approximate surface area is 102 Å². The van der Waals surface area contributed by atoms with E-state index in [0.717, 1.165) is 13.2 Å². The van der Waals surface area contributed by atoms with E-state index >= 15 is 0 Å². The van der Waals surface area contributed by atoms with Crippen molar-refractivity contribution in [1.82, 2.24) is 5.32 Å². The first-order valence-corrected chi connectivity index (χ1v) is 6.89. The topological polar surface area (TPSA) is 21.3 Å². The molecule has 0 bridgehead atoms. The van der Waals surface area contributed by atoms with Gasteiger partial charge in [0.05, 0.1) is 6.10 Å². The second-order valence-corrected chi connectivity index (χ2v) is 5.34. The van der Waals surface area contributed by atoms with Crippen LogP contribution in [0.4, 0.5) is 0 Å². The molecule has 0 aliphatic heterocycles. The number of hydrogen-bond acceptors (Lipinski definition) is 2. The Morgan fingerprint density at radius 2 is 1.50 bits per heavy atom. The van der Waals surface area contributed by atoms with Crippen molar-refractivity contribution in [1.29, 1.82) is 0 Å². The predicted octanol–water partition coefficient (Wildman–Crippen LogP) is 3.61. The van der Waals surface area contributed by atoms with Crippen LogP contribution in [0.1, 0.15) is 60.3 Å². The molecule has 2 heteroatoms. The number of nitrogens with one attached hydrogen (secondary N) is 1. The van der Waals surface area contributed by atoms with E-state index in [-0.39, 0.29) is 0 Å². The lowest BCUT2D eigenvalue weighted by Crippen LogP contribution is -2.23. The van der Waals surface area contributed by atoms with Crippen LogP contribution in [-0.4, -0.2) is 25.3 Å². The molecule has 0 aromatic heterocycles. The molecule has 1 unspecified atom stereocenters. The second kappa shape index (κ2) is 10.1. The summed E-state index contributed by atoms with van der Waals surface area (Å²) in [5.74, 6) is 0.634. The summed E-state index contributed by atoms with van der Waals surface area (Å²) in [5.41, 5.74) is 0. The molecule has 0 aliphatic carbocycles. The highest BCUT2D eigenvalue weighted by Gasteiger charge is 2.05. The Kier molecular flexibility index (Phi) is 10.0. The third kappa shape index (κ3) is 10.4. The smallest absolute Gasteiger partial charge is 0.0569 e. The molecule has 0 saturated heterocycles. The van der Waals surface area contributed by atoms with Gasteiger partial charge < -0.3 is 10.1 Å². The van der Waals surface area contributed by atoms with Crippen LogP contribution in [0.2, 0.25) is 0 Å². The van der Waals surface area contributed by atoms with Crippen molar-refractivity contribution in [3.05, 3.63) is 0 Å². The summed E-state index contributed by atoms with van der Waals surface area (Å²) < 4.78 is 5.73. The van der Waals surface area contributed by atoms with Crippen LogP contribution < -0.4 is 5.32 Å². The number of rotatable bonds is 10. The largest absolute Gasteiger partial charge is 0.378 e. The van der Waals surface area contributed by atoms with Gasteiger partial charge in [-0.15, -0.1) is 0 Å². The van der Waals surface area contributed by atoms with Crippen molar-refractivity contribution >= 4 is 0 Å². The first-order chi connectivity index (χ1) is 7.54. The van der Waals surface area contributed by atoms with Gasteiger partial charge in [0.25, 0.3) is 0 Å². The third-order valence-electron chi connectivity index (χ3n) is 2.94. The molecule has 0 radical (unpaired) electrons. The van der Waals surface area contributed by atoms with Crippen LogP contribution in [0.5, 0.6) is 0 Å². The summed E-state index contributed by atoms with van der Waals surface area (Å²) in [7, 11) is 0. The Balaban J connectivity index is 3.10. The fourth-order valence-corrected chi connectivity index (χ4v) is 1.43. The molecule has 0 saturated carbocycles. The average molecular weight is 229 g/mol. The zero-order chi connectivity index (χ0) is 12.4. The lowest BCUT2D eigenvalue weighted by Gasteiger charge is -2.16. The maximum absolute atomic E-state index is 5.73. The molecule has 0 spiro atoms. The first kappa shape index (κ1) is 15.9. The highest BCUT2D eigenvalue weighted by atomic mass is 16.5. The lowest BCUT2D eigenvalue weighted by molar-refractivity contribution is 0.0332. The van der Waals surface area contributed by atoms with Crippen LogP contribution in [0, 0.1) is 5.92 Å². The molecular weight excluding hydrogens is 198 g/mol. The van der Waals surface area contributed by atoms with Crippen molar-refractivity contribution in [2.75, 3.05) is 13.2 Å². The van der Waals surface area contributed by atoms with Crippen molar-refractivity contribution in [3.8, 4) is 0 Å². The first-order valence-electron chi connectivity index (χ1n) is 6.89. The molecule has 0 aromatic carbocycles. The van der Waals surface area contributed by atoms with Gasteiger partial charge in [-0.2, -0.15) is 0 Å². The monoisotopic (exact) mass is 229 g/mol. The number of ether oxygens (including phenoxy) is 1. The molecule has 0 fully saturated rings. The fraction of sp³-hybridized carbons (Fsp3) is 1.00. The van der Waals surface area contributed by atoms with Gasteiger partial charge in [0.2, 0.25) is 0 Å². The molecule has 0 amide bonds. The van der Waals surface area contributed by atoms with Gasteiger partial charge in [-0.25, -0.2) is 0 Å². The van der Waals surface area contributed by atoms with E-state index in [2.05, 4.69) is 39.9 Å². The van der Waals surface area contributed by atoms with Gasteiger partial charge in [-0.05, 0) is 32.2 Å². The maximum Gasteiger partial charge on any atom is 0.0569 e. The van der Waals surface area contributed by atoms with Crippen LogP contribution in [0.3, 0.4) is 0 Å². The summed E-state index contributed by atoms with van der Waals surface area (Å²) in [6, 6.07) is 0.621. The summed E-state index contributed by atoms with van der Waals surface area (Å²) in [6.07, 6.45) is 5.52. The molecule has 98 valence electrons. The van der Waals surface area contributed by atoms with Gasteiger partial charge in [-0.1, -0.05) is 40.5 Å². The van der Waals surface area contributed by atoms with Crippen molar-refractivity contribution in [2.45, 2.75) is 72.4 Å². The van der Waals surface area contributed by atoms with E-state index in [0.29, 0.717) is 18.1 Å². The Morgan fingerprint density at radius 1 is 0.875 bits per heavy atom. The molecule has 2 nitrogen and oxygen atoms in total.